The minimum atomic E-state index is -2.55. The first kappa shape index (κ1) is 15.5. The predicted octanol–water partition coefficient (Wildman–Crippen LogP) is 1.62. The smallest absolute Gasteiger partial charge is 0.377 e. The van der Waals surface area contributed by atoms with E-state index in [1.165, 1.54) is 6.08 Å². The van der Waals surface area contributed by atoms with Crippen LogP contribution in [-0.2, 0) is 18.1 Å². The van der Waals surface area contributed by atoms with Crippen LogP contribution < -0.4 is 0 Å². The minimum absolute atomic E-state index is 0.435. The molecule has 94 valence electrons. The number of aliphatic imine (C=N–C) groups is 1. The van der Waals surface area contributed by atoms with Gasteiger partial charge in [-0.05, 0) is 12.3 Å². The Hall–Kier alpha value is -0.523. The highest BCUT2D eigenvalue weighted by molar-refractivity contribution is 6.60. The molecule has 0 aromatic carbocycles. The maximum absolute atomic E-state index is 9.91. The van der Waals surface area contributed by atoms with Gasteiger partial charge in [0, 0.05) is 26.9 Å². The van der Waals surface area contributed by atoms with E-state index in [-0.39, 0.29) is 0 Å². The molecule has 0 bridgehead atoms. The van der Waals surface area contributed by atoms with E-state index in [4.69, 9.17) is 13.3 Å². The molecule has 0 aliphatic carbocycles. The molecular weight excluding hydrogens is 226 g/mol. The van der Waals surface area contributed by atoms with Crippen LogP contribution in [0.15, 0.2) is 4.99 Å². The minimum Gasteiger partial charge on any atom is -0.377 e. The van der Waals surface area contributed by atoms with Gasteiger partial charge in [0.15, 0.2) is 0 Å². The van der Waals surface area contributed by atoms with Crippen molar-refractivity contribution in [2.45, 2.75) is 26.3 Å². The molecular formula is C10H21NO4Si. The molecule has 0 saturated carbocycles. The van der Waals surface area contributed by atoms with E-state index in [2.05, 4.69) is 18.8 Å². The molecule has 0 spiro atoms. The van der Waals surface area contributed by atoms with Crippen LogP contribution in [-0.4, -0.2) is 42.3 Å². The molecule has 16 heavy (non-hydrogen) atoms. The fraction of sp³-hybridized carbons (Fsp3) is 0.900. The van der Waals surface area contributed by atoms with Gasteiger partial charge in [-0.3, -0.25) is 0 Å². The Kier molecular flexibility index (Phi) is 8.33. The van der Waals surface area contributed by atoms with Gasteiger partial charge in [-0.2, -0.15) is 0 Å². The summed E-state index contributed by atoms with van der Waals surface area (Å²) in [4.78, 5) is 13.4. The highest BCUT2D eigenvalue weighted by Crippen LogP contribution is 2.17. The fourth-order valence-corrected chi connectivity index (χ4v) is 3.32. The molecule has 0 N–H and O–H groups in total. The summed E-state index contributed by atoms with van der Waals surface area (Å²) in [7, 11) is 0.647. The van der Waals surface area contributed by atoms with Crippen molar-refractivity contribution in [2.24, 2.45) is 10.9 Å². The summed E-state index contributed by atoms with van der Waals surface area (Å²) in [5.41, 5.74) is 0. The average Bonchev–Trinajstić information content (AvgIpc) is 2.29. The summed E-state index contributed by atoms with van der Waals surface area (Å²) < 4.78 is 16.5. The van der Waals surface area contributed by atoms with Crippen molar-refractivity contribution < 1.29 is 18.1 Å². The Morgan fingerprint density at radius 3 is 2.38 bits per heavy atom. The van der Waals surface area contributed by atoms with Crippen molar-refractivity contribution in [3.05, 3.63) is 0 Å². The van der Waals surface area contributed by atoms with Crippen molar-refractivity contribution in [1.82, 2.24) is 0 Å². The molecule has 0 aromatic heterocycles. The van der Waals surface area contributed by atoms with Crippen LogP contribution in [0.3, 0.4) is 0 Å². The van der Waals surface area contributed by atoms with Gasteiger partial charge in [0.25, 0.3) is 0 Å². The Bertz CT molecular complexity index is 225. The summed E-state index contributed by atoms with van der Waals surface area (Å²) in [5.74, 6) is 0.435. The molecule has 0 unspecified atom stereocenters. The molecule has 0 atom stereocenters. The maximum atomic E-state index is 9.91. The first-order valence-electron chi connectivity index (χ1n) is 5.38. The van der Waals surface area contributed by atoms with Gasteiger partial charge < -0.3 is 13.3 Å². The Labute approximate surface area is 98.2 Å². The van der Waals surface area contributed by atoms with Crippen LogP contribution >= 0.6 is 0 Å². The summed E-state index contributed by atoms with van der Waals surface area (Å²) >= 11 is 0. The highest BCUT2D eigenvalue weighted by atomic mass is 28.4. The normalized spacial score (nSPS) is 11.6. The summed E-state index contributed by atoms with van der Waals surface area (Å²) in [6, 6.07) is 0.665. The van der Waals surface area contributed by atoms with Crippen molar-refractivity contribution in [2.75, 3.05) is 27.4 Å². The second kappa shape index (κ2) is 8.61. The number of rotatable bonds is 9. The molecule has 6 heteroatoms. The van der Waals surface area contributed by atoms with Crippen LogP contribution in [0, 0.1) is 5.92 Å². The average molecular weight is 247 g/mol. The van der Waals surface area contributed by atoms with Gasteiger partial charge in [-0.15, -0.1) is 0 Å². The Balaban J connectivity index is 4.14. The van der Waals surface area contributed by atoms with Gasteiger partial charge in [-0.25, -0.2) is 9.79 Å². The summed E-state index contributed by atoms with van der Waals surface area (Å²) in [6.07, 6.45) is 2.22. The SMILES string of the molecule is CO[Si](CCCN=C=O)(OC)OCC(C)C. The first-order valence-corrected chi connectivity index (χ1v) is 7.31. The molecule has 0 aromatic rings. The van der Waals surface area contributed by atoms with E-state index in [1.54, 1.807) is 14.2 Å². The van der Waals surface area contributed by atoms with Crippen LogP contribution in [0.1, 0.15) is 20.3 Å². The Morgan fingerprint density at radius 2 is 1.94 bits per heavy atom. The maximum Gasteiger partial charge on any atom is 0.500 e. The second-order valence-corrected chi connectivity index (χ2v) is 6.84. The van der Waals surface area contributed by atoms with E-state index >= 15 is 0 Å². The monoisotopic (exact) mass is 247 g/mol. The van der Waals surface area contributed by atoms with Crippen LogP contribution in [0.2, 0.25) is 6.04 Å². The molecule has 0 rings (SSSR count). The summed E-state index contributed by atoms with van der Waals surface area (Å²) in [6.45, 7) is 5.20. The van der Waals surface area contributed by atoms with E-state index in [9.17, 15) is 4.79 Å². The van der Waals surface area contributed by atoms with Gasteiger partial charge in [0.1, 0.15) is 0 Å². The van der Waals surface area contributed by atoms with Crippen molar-refractivity contribution in [1.29, 1.82) is 0 Å². The van der Waals surface area contributed by atoms with E-state index in [0.717, 1.165) is 0 Å². The third-order valence-electron chi connectivity index (χ3n) is 2.08. The van der Waals surface area contributed by atoms with E-state index < -0.39 is 8.80 Å². The highest BCUT2D eigenvalue weighted by Gasteiger charge is 2.38. The van der Waals surface area contributed by atoms with E-state index in [0.29, 0.717) is 31.5 Å². The van der Waals surface area contributed by atoms with Crippen molar-refractivity contribution >= 4 is 14.9 Å². The molecule has 0 radical (unpaired) electrons. The largest absolute Gasteiger partial charge is 0.500 e. The van der Waals surface area contributed by atoms with Crippen LogP contribution in [0.4, 0.5) is 0 Å². The molecule has 0 aliphatic heterocycles. The van der Waals surface area contributed by atoms with Gasteiger partial charge in [-0.1, -0.05) is 13.8 Å². The van der Waals surface area contributed by atoms with Crippen molar-refractivity contribution in [3.63, 3.8) is 0 Å². The zero-order valence-electron chi connectivity index (χ0n) is 10.5. The summed E-state index contributed by atoms with van der Waals surface area (Å²) in [5, 5.41) is 0. The van der Waals surface area contributed by atoms with Gasteiger partial charge >= 0.3 is 8.80 Å². The van der Waals surface area contributed by atoms with Gasteiger partial charge in [0.2, 0.25) is 6.08 Å². The second-order valence-electron chi connectivity index (χ2n) is 3.87. The number of hydrogen-bond donors (Lipinski definition) is 0. The lowest BCUT2D eigenvalue weighted by Gasteiger charge is -2.27. The first-order chi connectivity index (χ1) is 7.60. The number of hydrogen-bond acceptors (Lipinski definition) is 5. The quantitative estimate of drug-likeness (QED) is 0.269. The predicted molar refractivity (Wildman–Crippen MR) is 63.0 cm³/mol. The molecule has 0 fully saturated rings. The standard InChI is InChI=1S/C10H21NO4Si/c1-10(2)8-15-16(13-3,14-4)7-5-6-11-9-12/h10H,5-8H2,1-4H3. The lowest BCUT2D eigenvalue weighted by molar-refractivity contribution is 0.0865. The molecule has 5 nitrogen and oxygen atoms in total. The fourth-order valence-electron chi connectivity index (χ4n) is 1.19. The molecule has 0 aliphatic rings. The third-order valence-corrected chi connectivity index (χ3v) is 4.89. The topological polar surface area (TPSA) is 57.1 Å². The van der Waals surface area contributed by atoms with E-state index in [1.807, 2.05) is 0 Å². The lowest BCUT2D eigenvalue weighted by Crippen LogP contribution is -2.44. The number of isocyanates is 1. The Morgan fingerprint density at radius 1 is 1.31 bits per heavy atom. The zero-order valence-corrected chi connectivity index (χ0v) is 11.5. The number of carbonyl (C=O) groups excluding carboxylic acids is 1. The van der Waals surface area contributed by atoms with Crippen LogP contribution in [0.25, 0.3) is 0 Å². The molecule has 0 heterocycles. The lowest BCUT2D eigenvalue weighted by atomic mass is 10.2. The van der Waals surface area contributed by atoms with Crippen LogP contribution in [0.5, 0.6) is 0 Å². The van der Waals surface area contributed by atoms with Crippen molar-refractivity contribution in [3.8, 4) is 0 Å². The third kappa shape index (κ3) is 6.15. The number of nitrogens with zero attached hydrogens (tertiary/aromatic N) is 1. The molecule has 0 amide bonds. The van der Waals surface area contributed by atoms with Gasteiger partial charge in [0.05, 0.1) is 6.54 Å². The zero-order chi connectivity index (χ0) is 12.4. The molecule has 0 saturated heterocycles.